The Bertz CT molecular complexity index is 1250. The summed E-state index contributed by atoms with van der Waals surface area (Å²) in [4.78, 5) is 16.9. The molecule has 0 radical (unpaired) electrons. The highest BCUT2D eigenvalue weighted by Crippen LogP contribution is 2.31. The predicted octanol–water partition coefficient (Wildman–Crippen LogP) is 2.47. The maximum absolute atomic E-state index is 13.0. The molecule has 1 aliphatic heterocycles. The molecule has 33 heavy (non-hydrogen) atoms. The van der Waals surface area contributed by atoms with Gasteiger partial charge in [0.1, 0.15) is 0 Å². The quantitative estimate of drug-likeness (QED) is 0.375. The highest BCUT2D eigenvalue weighted by atomic mass is 32.2. The summed E-state index contributed by atoms with van der Waals surface area (Å²) in [6.07, 6.45) is 0. The second kappa shape index (κ2) is 9.25. The van der Waals surface area contributed by atoms with Gasteiger partial charge in [-0.3, -0.25) is 15.0 Å². The first-order valence-corrected chi connectivity index (χ1v) is 11.7. The molecule has 3 aromatic rings. The van der Waals surface area contributed by atoms with E-state index < -0.39 is 20.6 Å². The number of rotatable bonds is 7. The largest absolute Gasteiger partial charge is 0.490 e. The Labute approximate surface area is 190 Å². The lowest BCUT2D eigenvalue weighted by Gasteiger charge is -2.33. The molecule has 1 aromatic heterocycles. The van der Waals surface area contributed by atoms with Gasteiger partial charge < -0.3 is 9.26 Å². The van der Waals surface area contributed by atoms with Crippen LogP contribution in [0.3, 0.4) is 0 Å². The fraction of sp³-hybridized carbons (Fsp3) is 0.333. The highest BCUT2D eigenvalue weighted by molar-refractivity contribution is 7.89. The van der Waals surface area contributed by atoms with Gasteiger partial charge in [-0.05, 0) is 19.1 Å². The Balaban J connectivity index is 1.40. The Hall–Kier alpha value is -3.35. The molecule has 4 rings (SSSR count). The van der Waals surface area contributed by atoms with Gasteiger partial charge in [0.15, 0.2) is 5.75 Å². The number of aryl methyl sites for hydroxylation is 1. The third-order valence-electron chi connectivity index (χ3n) is 5.45. The van der Waals surface area contributed by atoms with Crippen LogP contribution in [0.1, 0.15) is 11.5 Å². The van der Waals surface area contributed by atoms with Crippen LogP contribution >= 0.6 is 0 Å². The minimum Gasteiger partial charge on any atom is -0.490 e. The zero-order chi connectivity index (χ0) is 23.6. The lowest BCUT2D eigenvalue weighted by molar-refractivity contribution is -0.386. The van der Waals surface area contributed by atoms with E-state index in [0.717, 1.165) is 17.2 Å². The molecule has 2 aromatic carbocycles. The number of benzene rings is 2. The number of ether oxygens (including phenoxy) is 1. The maximum atomic E-state index is 13.0. The summed E-state index contributed by atoms with van der Waals surface area (Å²) in [5.74, 6) is 0.966. The maximum Gasteiger partial charge on any atom is 0.312 e. The van der Waals surface area contributed by atoms with Gasteiger partial charge in [-0.25, -0.2) is 8.42 Å². The number of nitro groups is 1. The fourth-order valence-corrected chi connectivity index (χ4v) is 5.02. The third-order valence-corrected chi connectivity index (χ3v) is 7.35. The zero-order valence-electron chi connectivity index (χ0n) is 18.2. The average molecular weight is 474 g/mol. The minimum absolute atomic E-state index is 0.00772. The van der Waals surface area contributed by atoms with Crippen molar-refractivity contribution in [3.8, 4) is 17.1 Å². The van der Waals surface area contributed by atoms with Gasteiger partial charge in [0.05, 0.1) is 23.5 Å². The van der Waals surface area contributed by atoms with E-state index in [1.807, 2.05) is 36.1 Å². The molecule has 2 heterocycles. The van der Waals surface area contributed by atoms with E-state index in [1.54, 1.807) is 0 Å². The van der Waals surface area contributed by atoms with Gasteiger partial charge in [0, 0.05) is 37.8 Å². The van der Waals surface area contributed by atoms with Crippen molar-refractivity contribution in [3.05, 3.63) is 64.0 Å². The van der Waals surface area contributed by atoms with Crippen molar-refractivity contribution in [1.82, 2.24) is 19.3 Å². The summed E-state index contributed by atoms with van der Waals surface area (Å²) >= 11 is 0. The van der Waals surface area contributed by atoms with Crippen LogP contribution in [-0.4, -0.2) is 66.0 Å². The second-order valence-corrected chi connectivity index (χ2v) is 9.59. The van der Waals surface area contributed by atoms with E-state index in [1.165, 1.54) is 23.5 Å². The summed E-state index contributed by atoms with van der Waals surface area (Å²) in [5.41, 5.74) is 1.61. The van der Waals surface area contributed by atoms with Gasteiger partial charge in [0.2, 0.25) is 21.7 Å². The third kappa shape index (κ3) is 4.87. The smallest absolute Gasteiger partial charge is 0.312 e. The van der Waals surface area contributed by atoms with Gasteiger partial charge >= 0.3 is 5.69 Å². The zero-order valence-corrected chi connectivity index (χ0v) is 19.0. The Morgan fingerprint density at radius 3 is 2.45 bits per heavy atom. The van der Waals surface area contributed by atoms with Crippen molar-refractivity contribution >= 4 is 15.7 Å². The Kier molecular flexibility index (Phi) is 6.40. The summed E-state index contributed by atoms with van der Waals surface area (Å²) in [6, 6.07) is 11.5. The first-order chi connectivity index (χ1) is 15.8. The van der Waals surface area contributed by atoms with Crippen LogP contribution in [0.25, 0.3) is 11.4 Å². The van der Waals surface area contributed by atoms with Crippen LogP contribution in [-0.2, 0) is 16.6 Å². The molecule has 0 amide bonds. The number of aromatic nitrogens is 2. The van der Waals surface area contributed by atoms with Crippen LogP contribution in [0, 0.1) is 17.0 Å². The van der Waals surface area contributed by atoms with E-state index in [9.17, 15) is 18.5 Å². The number of nitrogens with zero attached hydrogens (tertiary/aromatic N) is 5. The molecule has 1 aliphatic rings. The van der Waals surface area contributed by atoms with Crippen LogP contribution in [0.2, 0.25) is 0 Å². The van der Waals surface area contributed by atoms with Crippen molar-refractivity contribution in [2.75, 3.05) is 33.3 Å². The number of hydrogen-bond acceptors (Lipinski definition) is 9. The molecule has 12 heteroatoms. The average Bonchev–Trinajstić information content (AvgIpc) is 3.27. The summed E-state index contributed by atoms with van der Waals surface area (Å²) in [7, 11) is -2.59. The standard InChI is InChI=1S/C21H23N5O6S/c1-15-3-5-16(6-4-15)21-22-20(32-23-21)14-24-9-11-25(12-10-24)33(29,30)17-7-8-19(31-2)18(13-17)26(27)28/h3-8,13H,9-12,14H2,1-2H3. The number of hydrogen-bond donors (Lipinski definition) is 0. The van der Waals surface area contributed by atoms with Crippen LogP contribution < -0.4 is 4.74 Å². The Morgan fingerprint density at radius 1 is 1.12 bits per heavy atom. The van der Waals surface area contributed by atoms with Crippen molar-refractivity contribution in [3.63, 3.8) is 0 Å². The lowest BCUT2D eigenvalue weighted by atomic mass is 10.1. The molecule has 11 nitrogen and oxygen atoms in total. The van der Waals surface area contributed by atoms with E-state index in [2.05, 4.69) is 10.1 Å². The number of piperazine rings is 1. The minimum atomic E-state index is -3.88. The monoisotopic (exact) mass is 473 g/mol. The number of methoxy groups -OCH3 is 1. The van der Waals surface area contributed by atoms with Gasteiger partial charge in [-0.1, -0.05) is 35.0 Å². The number of sulfonamides is 1. The molecular formula is C21H23N5O6S. The van der Waals surface area contributed by atoms with Crippen LogP contribution in [0.5, 0.6) is 5.75 Å². The van der Waals surface area contributed by atoms with E-state index >= 15 is 0 Å². The van der Waals surface area contributed by atoms with Crippen molar-refractivity contribution in [1.29, 1.82) is 0 Å². The van der Waals surface area contributed by atoms with Gasteiger partial charge in [0.25, 0.3) is 0 Å². The SMILES string of the molecule is COc1ccc(S(=O)(=O)N2CCN(Cc3nc(-c4ccc(C)cc4)no3)CC2)cc1[N+](=O)[O-]. The highest BCUT2D eigenvalue weighted by Gasteiger charge is 2.31. The fourth-order valence-electron chi connectivity index (χ4n) is 3.58. The predicted molar refractivity (Wildman–Crippen MR) is 118 cm³/mol. The normalized spacial score (nSPS) is 15.5. The van der Waals surface area contributed by atoms with E-state index in [0.29, 0.717) is 31.3 Å². The van der Waals surface area contributed by atoms with Gasteiger partial charge in [-0.15, -0.1) is 0 Å². The molecule has 0 spiro atoms. The molecule has 0 atom stereocenters. The van der Waals surface area contributed by atoms with E-state index in [-0.39, 0.29) is 23.7 Å². The summed E-state index contributed by atoms with van der Waals surface area (Å²) in [5, 5.41) is 15.3. The summed E-state index contributed by atoms with van der Waals surface area (Å²) < 4.78 is 37.7. The summed E-state index contributed by atoms with van der Waals surface area (Å²) in [6.45, 7) is 3.80. The first kappa shape index (κ1) is 22.8. The molecule has 0 saturated carbocycles. The molecule has 1 fully saturated rings. The second-order valence-electron chi connectivity index (χ2n) is 7.65. The van der Waals surface area contributed by atoms with E-state index in [4.69, 9.17) is 9.26 Å². The molecule has 0 N–H and O–H groups in total. The lowest BCUT2D eigenvalue weighted by Crippen LogP contribution is -2.48. The van der Waals surface area contributed by atoms with Gasteiger partial charge in [-0.2, -0.15) is 9.29 Å². The molecule has 0 bridgehead atoms. The molecule has 1 saturated heterocycles. The molecule has 0 aliphatic carbocycles. The first-order valence-electron chi connectivity index (χ1n) is 10.2. The van der Waals surface area contributed by atoms with Crippen molar-refractivity contribution in [2.24, 2.45) is 0 Å². The molecular weight excluding hydrogens is 450 g/mol. The van der Waals surface area contributed by atoms with Crippen molar-refractivity contribution in [2.45, 2.75) is 18.4 Å². The number of nitro benzene ring substituents is 1. The van der Waals surface area contributed by atoms with Crippen LogP contribution in [0.4, 0.5) is 5.69 Å². The van der Waals surface area contributed by atoms with Crippen molar-refractivity contribution < 1.29 is 22.6 Å². The molecule has 0 unspecified atom stereocenters. The topological polar surface area (TPSA) is 132 Å². The Morgan fingerprint density at radius 2 is 1.82 bits per heavy atom. The van der Waals surface area contributed by atoms with Crippen LogP contribution in [0.15, 0.2) is 51.9 Å². The molecule has 174 valence electrons.